The lowest BCUT2D eigenvalue weighted by Crippen LogP contribution is -2.36. The normalized spacial score (nSPS) is 10.8. The molecule has 4 rings (SSSR count). The molecule has 3 heterocycles. The molecule has 12 nitrogen and oxygen atoms in total. The van der Waals surface area contributed by atoms with Gasteiger partial charge in [0.25, 0.3) is 0 Å². The molecule has 0 bridgehead atoms. The van der Waals surface area contributed by atoms with Gasteiger partial charge in [-0.25, -0.2) is 19.7 Å². The summed E-state index contributed by atoms with van der Waals surface area (Å²) in [4.78, 5) is 41.9. The summed E-state index contributed by atoms with van der Waals surface area (Å²) in [5, 5.41) is 20.3. The number of aryl methyl sites for hydroxylation is 1. The van der Waals surface area contributed by atoms with Gasteiger partial charge in [0.2, 0.25) is 0 Å². The van der Waals surface area contributed by atoms with E-state index in [0.717, 1.165) is 5.52 Å². The first-order chi connectivity index (χ1) is 16.8. The highest BCUT2D eigenvalue weighted by Gasteiger charge is 2.22. The number of anilines is 2. The van der Waals surface area contributed by atoms with E-state index in [4.69, 9.17) is 21.0 Å². The van der Waals surface area contributed by atoms with E-state index < -0.39 is 12.1 Å². The van der Waals surface area contributed by atoms with E-state index in [1.165, 1.54) is 28.6 Å². The molecule has 0 atom stereocenters. The first-order valence-electron chi connectivity index (χ1n) is 10.5. The second kappa shape index (κ2) is 10.2. The summed E-state index contributed by atoms with van der Waals surface area (Å²) in [7, 11) is 0. The molecule has 6 N–H and O–H groups in total. The molecule has 0 saturated heterocycles. The fourth-order valence-electron chi connectivity index (χ4n) is 3.25. The van der Waals surface area contributed by atoms with E-state index in [0.29, 0.717) is 45.0 Å². The SMILES string of the molecule is Cc1c(OC(=O)N(CCC(=O)O)c2ccccn2)ccc2[nH]c(CNc3ncc(C(=N)N)s3)nc12. The summed E-state index contributed by atoms with van der Waals surface area (Å²) in [6, 6.07) is 8.41. The van der Waals surface area contributed by atoms with Crippen LogP contribution < -0.4 is 20.7 Å². The van der Waals surface area contributed by atoms with Crippen molar-refractivity contribution < 1.29 is 19.4 Å². The zero-order chi connectivity index (χ0) is 24.9. The molecule has 0 aliphatic carbocycles. The Balaban J connectivity index is 1.50. The first kappa shape index (κ1) is 23.6. The number of nitrogens with two attached hydrogens (primary N) is 1. The topological polar surface area (TPSA) is 183 Å². The van der Waals surface area contributed by atoms with E-state index in [2.05, 4.69) is 25.3 Å². The number of nitrogens with zero attached hydrogens (tertiary/aromatic N) is 4. The summed E-state index contributed by atoms with van der Waals surface area (Å²) in [5.41, 5.74) is 7.50. The lowest BCUT2D eigenvalue weighted by molar-refractivity contribution is -0.136. The van der Waals surface area contributed by atoms with E-state index in [9.17, 15) is 9.59 Å². The summed E-state index contributed by atoms with van der Waals surface area (Å²) >= 11 is 1.27. The summed E-state index contributed by atoms with van der Waals surface area (Å²) in [6.07, 6.45) is 2.05. The molecule has 35 heavy (non-hydrogen) atoms. The number of ether oxygens (including phenoxy) is 1. The lowest BCUT2D eigenvalue weighted by atomic mass is 10.2. The van der Waals surface area contributed by atoms with Gasteiger partial charge in [-0.1, -0.05) is 17.4 Å². The number of pyridine rings is 1. The molecule has 0 fully saturated rings. The van der Waals surface area contributed by atoms with Gasteiger partial charge < -0.3 is 25.9 Å². The molecule has 0 unspecified atom stereocenters. The van der Waals surface area contributed by atoms with Crippen LogP contribution in [-0.4, -0.2) is 49.5 Å². The van der Waals surface area contributed by atoms with Gasteiger partial charge in [0.05, 0.1) is 35.1 Å². The summed E-state index contributed by atoms with van der Waals surface area (Å²) in [6.45, 7) is 2.05. The Bertz CT molecular complexity index is 1380. The number of aliphatic carboxylic acids is 1. The largest absolute Gasteiger partial charge is 0.481 e. The molecule has 0 radical (unpaired) electrons. The molecule has 4 aromatic rings. The number of aromatic nitrogens is 4. The number of imidazole rings is 1. The highest BCUT2D eigenvalue weighted by Crippen LogP contribution is 2.27. The van der Waals surface area contributed by atoms with Gasteiger partial charge in [0, 0.05) is 18.3 Å². The number of benzene rings is 1. The fourth-order valence-corrected chi connectivity index (χ4v) is 3.92. The molecule has 0 spiro atoms. The second-order valence-electron chi connectivity index (χ2n) is 7.42. The average Bonchev–Trinajstić information content (AvgIpc) is 3.48. The number of hydrogen-bond acceptors (Lipinski definition) is 9. The van der Waals surface area contributed by atoms with E-state index in [-0.39, 0.29) is 18.8 Å². The van der Waals surface area contributed by atoms with Crippen LogP contribution >= 0.6 is 11.3 Å². The van der Waals surface area contributed by atoms with Gasteiger partial charge in [0.1, 0.15) is 23.2 Å². The van der Waals surface area contributed by atoms with Crippen LogP contribution in [0.15, 0.2) is 42.7 Å². The van der Waals surface area contributed by atoms with Crippen LogP contribution in [-0.2, 0) is 11.3 Å². The number of hydrogen-bond donors (Lipinski definition) is 5. The quantitative estimate of drug-likeness (QED) is 0.172. The minimum Gasteiger partial charge on any atom is -0.481 e. The number of carboxylic acid groups (broad SMARTS) is 1. The Morgan fingerprint density at radius 3 is 2.80 bits per heavy atom. The van der Waals surface area contributed by atoms with Crippen LogP contribution in [0.3, 0.4) is 0 Å². The number of thiazole rings is 1. The molecular weight excluding hydrogens is 472 g/mol. The summed E-state index contributed by atoms with van der Waals surface area (Å²) < 4.78 is 5.61. The van der Waals surface area contributed by atoms with Gasteiger partial charge >= 0.3 is 12.1 Å². The smallest absolute Gasteiger partial charge is 0.420 e. The predicted octanol–water partition coefficient (Wildman–Crippen LogP) is 3.10. The highest BCUT2D eigenvalue weighted by molar-refractivity contribution is 7.17. The number of carbonyl (C=O) groups is 2. The number of fused-ring (bicyclic) bond motifs is 1. The second-order valence-corrected chi connectivity index (χ2v) is 8.45. The van der Waals surface area contributed by atoms with Crippen LogP contribution in [0.5, 0.6) is 5.75 Å². The molecule has 0 saturated carbocycles. The number of nitrogens with one attached hydrogen (secondary N) is 3. The van der Waals surface area contributed by atoms with E-state index in [1.54, 1.807) is 37.3 Å². The number of H-pyrrole nitrogens is 1. The van der Waals surface area contributed by atoms with Crippen molar-refractivity contribution in [3.8, 4) is 5.75 Å². The molecule has 1 amide bonds. The minimum absolute atomic E-state index is 0.0402. The third-order valence-corrected chi connectivity index (χ3v) is 5.97. The number of amidine groups is 1. The third-order valence-electron chi connectivity index (χ3n) is 4.98. The van der Waals surface area contributed by atoms with Crippen molar-refractivity contribution in [1.29, 1.82) is 5.41 Å². The molecule has 0 aliphatic rings. The van der Waals surface area contributed by atoms with Crippen molar-refractivity contribution in [2.24, 2.45) is 5.73 Å². The molecular formula is C22H22N8O4S. The number of amides is 1. The standard InChI is InChI=1S/C22H22N8O4S/c1-12-14(34-22(33)30(9-7-18(31)32)17-4-2-3-8-25-17)6-5-13-19(12)29-16(28-13)11-27-21-26-10-15(35-21)20(23)24/h2-6,8,10H,7,9,11H2,1H3,(H3,23,24)(H,26,27)(H,28,29)(H,31,32). The number of rotatable bonds is 9. The summed E-state index contributed by atoms with van der Waals surface area (Å²) in [5.74, 6) is 0.157. The van der Waals surface area contributed by atoms with Crippen molar-refractivity contribution in [2.45, 2.75) is 19.9 Å². The van der Waals surface area contributed by atoms with Crippen molar-refractivity contribution in [3.05, 3.63) is 59.0 Å². The Kier molecular flexibility index (Phi) is 6.87. The van der Waals surface area contributed by atoms with Crippen molar-refractivity contribution >= 4 is 51.2 Å². The number of nitrogen functional groups attached to an aromatic ring is 1. The monoisotopic (exact) mass is 494 g/mol. The van der Waals surface area contributed by atoms with Gasteiger partial charge in [-0.2, -0.15) is 0 Å². The van der Waals surface area contributed by atoms with Crippen molar-refractivity contribution in [2.75, 3.05) is 16.8 Å². The maximum Gasteiger partial charge on any atom is 0.420 e. The Hall–Kier alpha value is -4.52. The van der Waals surface area contributed by atoms with Crippen LogP contribution in [0.1, 0.15) is 22.7 Å². The maximum atomic E-state index is 12.9. The lowest BCUT2D eigenvalue weighted by Gasteiger charge is -2.20. The van der Waals surface area contributed by atoms with Crippen LogP contribution in [0.25, 0.3) is 11.0 Å². The third kappa shape index (κ3) is 5.52. The number of aromatic amines is 1. The Labute approximate surface area is 203 Å². The number of carboxylic acids is 1. The van der Waals surface area contributed by atoms with Crippen LogP contribution in [0.2, 0.25) is 0 Å². The molecule has 0 aliphatic heterocycles. The van der Waals surface area contributed by atoms with Crippen molar-refractivity contribution in [1.82, 2.24) is 19.9 Å². The van der Waals surface area contributed by atoms with Crippen LogP contribution in [0.4, 0.5) is 15.7 Å². The Morgan fingerprint density at radius 1 is 1.29 bits per heavy atom. The van der Waals surface area contributed by atoms with E-state index >= 15 is 0 Å². The minimum atomic E-state index is -1.04. The van der Waals surface area contributed by atoms with Crippen molar-refractivity contribution in [3.63, 3.8) is 0 Å². The maximum absolute atomic E-state index is 12.9. The zero-order valence-electron chi connectivity index (χ0n) is 18.6. The van der Waals surface area contributed by atoms with Gasteiger partial charge in [0.15, 0.2) is 5.13 Å². The van der Waals surface area contributed by atoms with E-state index in [1.807, 2.05) is 0 Å². The fraction of sp³-hybridized carbons (Fsp3) is 0.182. The van der Waals surface area contributed by atoms with Crippen LogP contribution in [0, 0.1) is 12.3 Å². The molecule has 180 valence electrons. The molecule has 13 heteroatoms. The number of carbonyl (C=O) groups excluding carboxylic acids is 1. The Morgan fingerprint density at radius 2 is 2.11 bits per heavy atom. The predicted molar refractivity (Wildman–Crippen MR) is 131 cm³/mol. The average molecular weight is 495 g/mol. The molecule has 3 aromatic heterocycles. The van der Waals surface area contributed by atoms with Gasteiger partial charge in [-0.15, -0.1) is 0 Å². The first-order valence-corrected chi connectivity index (χ1v) is 11.3. The van der Waals surface area contributed by atoms with Gasteiger partial charge in [-0.3, -0.25) is 15.1 Å². The highest BCUT2D eigenvalue weighted by atomic mass is 32.1. The zero-order valence-corrected chi connectivity index (χ0v) is 19.4. The molecule has 1 aromatic carbocycles. The van der Waals surface area contributed by atoms with Gasteiger partial charge in [-0.05, 0) is 31.2 Å².